The van der Waals surface area contributed by atoms with Crippen LogP contribution in [0.3, 0.4) is 0 Å². The fraction of sp³-hybridized carbons (Fsp3) is 0.576. The number of nitrogens with zero attached hydrogens (tertiary/aromatic N) is 6. The Bertz CT molecular complexity index is 1500. The van der Waals surface area contributed by atoms with Gasteiger partial charge in [-0.05, 0) is 87.1 Å². The summed E-state index contributed by atoms with van der Waals surface area (Å²) in [4.78, 5) is 33.7. The Kier molecular flexibility index (Phi) is 5.45. The molecule has 8 aliphatic rings. The Hall–Kier alpha value is -3.33. The lowest BCUT2D eigenvalue weighted by Gasteiger charge is -2.50. The Labute approximate surface area is 245 Å². The Balaban J connectivity index is 1.05. The molecule has 8 nitrogen and oxygen atoms in total. The molecule has 6 atom stereocenters. The van der Waals surface area contributed by atoms with Gasteiger partial charge in [0.25, 0.3) is 0 Å². The van der Waals surface area contributed by atoms with Crippen LogP contribution in [0.25, 0.3) is 5.70 Å². The van der Waals surface area contributed by atoms with E-state index in [2.05, 4.69) is 22.4 Å². The minimum Gasteiger partial charge on any atom is -0.462 e. The minimum absolute atomic E-state index is 0.0284. The van der Waals surface area contributed by atoms with E-state index >= 15 is 4.39 Å². The number of amides is 1. The van der Waals surface area contributed by atoms with Crippen molar-refractivity contribution in [2.45, 2.75) is 74.5 Å². The molecule has 0 radical (unpaired) electrons. The van der Waals surface area contributed by atoms with Crippen molar-refractivity contribution in [3.05, 3.63) is 53.4 Å². The number of likely N-dealkylation sites (tertiary alicyclic amines) is 2. The number of aliphatic imine (C=N–C) groups is 3. The summed E-state index contributed by atoms with van der Waals surface area (Å²) in [5.41, 5.74) is 4.03. The van der Waals surface area contributed by atoms with Gasteiger partial charge in [0.05, 0.1) is 23.5 Å². The third-order valence-corrected chi connectivity index (χ3v) is 11.5. The average molecular weight is 569 g/mol. The summed E-state index contributed by atoms with van der Waals surface area (Å²) in [6, 6.07) is 6.06. The topological polar surface area (TPSA) is 73.1 Å². The van der Waals surface area contributed by atoms with E-state index in [0.29, 0.717) is 37.2 Å². The maximum absolute atomic E-state index is 16.7. The second-order valence-electron chi connectivity index (χ2n) is 13.5. The largest absolute Gasteiger partial charge is 0.462 e. The van der Waals surface area contributed by atoms with Crippen molar-refractivity contribution in [1.82, 2.24) is 14.7 Å². The third-order valence-electron chi connectivity index (χ3n) is 11.5. The molecule has 0 aromatic heterocycles. The quantitative estimate of drug-likeness (QED) is 0.516. The van der Waals surface area contributed by atoms with Gasteiger partial charge >= 0.3 is 6.02 Å². The van der Waals surface area contributed by atoms with Crippen LogP contribution < -0.4 is 0 Å². The number of fused-ring (bicyclic) bond motifs is 6. The number of benzene rings is 1. The van der Waals surface area contributed by atoms with E-state index in [-0.39, 0.29) is 35.4 Å². The van der Waals surface area contributed by atoms with Gasteiger partial charge in [-0.1, -0.05) is 24.8 Å². The molecule has 6 heterocycles. The predicted octanol–water partition coefficient (Wildman–Crippen LogP) is 3.94. The zero-order valence-electron chi connectivity index (χ0n) is 23.9. The summed E-state index contributed by atoms with van der Waals surface area (Å²) in [5.74, 6) is 1.30. The summed E-state index contributed by atoms with van der Waals surface area (Å²) >= 11 is 0. The van der Waals surface area contributed by atoms with Crippen LogP contribution in [0.1, 0.15) is 61.1 Å². The molecule has 1 amide bonds. The molecule has 42 heavy (non-hydrogen) atoms. The van der Waals surface area contributed by atoms with Gasteiger partial charge in [0, 0.05) is 24.9 Å². The lowest BCUT2D eigenvalue weighted by Crippen LogP contribution is -2.66. The number of amidine groups is 2. The Morgan fingerprint density at radius 3 is 2.88 bits per heavy atom. The van der Waals surface area contributed by atoms with Crippen LogP contribution in [-0.4, -0.2) is 95.1 Å². The van der Waals surface area contributed by atoms with Crippen LogP contribution in [0, 0.1) is 11.8 Å². The van der Waals surface area contributed by atoms with Gasteiger partial charge in [0.1, 0.15) is 24.2 Å². The molecule has 2 aliphatic carbocycles. The van der Waals surface area contributed by atoms with Gasteiger partial charge in [-0.25, -0.2) is 9.38 Å². The van der Waals surface area contributed by atoms with Crippen molar-refractivity contribution in [3.63, 3.8) is 0 Å². The Morgan fingerprint density at radius 2 is 2.05 bits per heavy atom. The summed E-state index contributed by atoms with van der Waals surface area (Å²) < 4.78 is 23.1. The van der Waals surface area contributed by atoms with Crippen molar-refractivity contribution in [3.8, 4) is 0 Å². The van der Waals surface area contributed by atoms with Crippen LogP contribution in [0.2, 0.25) is 0 Å². The number of hydrogen-bond acceptors (Lipinski definition) is 7. The first-order valence-electron chi connectivity index (χ1n) is 15.8. The molecule has 5 fully saturated rings. The van der Waals surface area contributed by atoms with Gasteiger partial charge in [0.2, 0.25) is 5.91 Å². The van der Waals surface area contributed by atoms with Crippen molar-refractivity contribution in [1.29, 1.82) is 0 Å². The average Bonchev–Trinajstić information content (AvgIpc) is 3.28. The zero-order chi connectivity index (χ0) is 28.2. The molecule has 0 spiro atoms. The lowest BCUT2D eigenvalue weighted by molar-refractivity contribution is -0.129. The van der Waals surface area contributed by atoms with Gasteiger partial charge in [-0.2, -0.15) is 4.99 Å². The Morgan fingerprint density at radius 1 is 1.19 bits per heavy atom. The molecule has 218 valence electrons. The SMILES string of the molecule is C=CC(=O)N1CC[C@@H]2[C@H]1CN2C1=NC(OCC23CCCN2CCC3)=NC2C(F)=C(c3cccc4c3C3CC3C4)N=CC12. The number of hydrogen-bond donors (Lipinski definition) is 0. The highest BCUT2D eigenvalue weighted by Gasteiger charge is 2.53. The maximum atomic E-state index is 16.7. The third kappa shape index (κ3) is 3.55. The van der Waals surface area contributed by atoms with Crippen molar-refractivity contribution >= 4 is 29.7 Å². The molecule has 9 rings (SSSR count). The predicted molar refractivity (Wildman–Crippen MR) is 159 cm³/mol. The highest BCUT2D eigenvalue weighted by Crippen LogP contribution is 2.58. The number of carbonyl (C=O) groups excluding carboxylic acids is 1. The minimum atomic E-state index is -0.751. The molecular formula is C33H37FN6O2. The van der Waals surface area contributed by atoms with Gasteiger partial charge < -0.3 is 14.5 Å². The second kappa shape index (κ2) is 9.09. The van der Waals surface area contributed by atoms with Crippen LogP contribution in [0.4, 0.5) is 4.39 Å². The van der Waals surface area contributed by atoms with Crippen LogP contribution >= 0.6 is 0 Å². The van der Waals surface area contributed by atoms with E-state index < -0.39 is 12.0 Å². The van der Waals surface area contributed by atoms with E-state index in [1.54, 1.807) is 0 Å². The highest BCUT2D eigenvalue weighted by atomic mass is 19.1. The summed E-state index contributed by atoms with van der Waals surface area (Å²) in [6.45, 7) is 7.81. The van der Waals surface area contributed by atoms with E-state index in [1.807, 2.05) is 23.2 Å². The summed E-state index contributed by atoms with van der Waals surface area (Å²) in [7, 11) is 0. The molecule has 9 heteroatoms. The van der Waals surface area contributed by atoms with Gasteiger partial charge in [-0.15, -0.1) is 0 Å². The lowest BCUT2D eigenvalue weighted by atomic mass is 9.87. The van der Waals surface area contributed by atoms with Crippen LogP contribution in [0.15, 0.2) is 51.7 Å². The molecule has 1 aromatic carbocycles. The normalized spacial score (nSPS) is 35.1. The molecular weight excluding hydrogens is 531 g/mol. The first-order chi connectivity index (χ1) is 20.5. The van der Waals surface area contributed by atoms with E-state index in [1.165, 1.54) is 36.5 Å². The van der Waals surface area contributed by atoms with Gasteiger partial charge in [0.15, 0.2) is 5.83 Å². The molecule has 0 bridgehead atoms. The molecule has 4 unspecified atom stereocenters. The molecule has 4 saturated heterocycles. The number of carbonyl (C=O) groups is 1. The number of rotatable bonds is 4. The number of halogens is 1. The second-order valence-corrected chi connectivity index (χ2v) is 13.5. The van der Waals surface area contributed by atoms with Crippen LogP contribution in [-0.2, 0) is 16.0 Å². The van der Waals surface area contributed by atoms with Crippen LogP contribution in [0.5, 0.6) is 0 Å². The molecule has 1 aromatic rings. The first kappa shape index (κ1) is 25.2. The summed E-state index contributed by atoms with van der Waals surface area (Å²) in [6.07, 6.45) is 11.0. The fourth-order valence-electron chi connectivity index (χ4n) is 9.26. The fourth-order valence-corrected chi connectivity index (χ4v) is 9.26. The zero-order valence-corrected chi connectivity index (χ0v) is 23.9. The van der Waals surface area contributed by atoms with E-state index in [9.17, 15) is 4.79 Å². The van der Waals surface area contributed by atoms with Gasteiger partial charge in [-0.3, -0.25) is 14.7 Å². The first-order valence-corrected chi connectivity index (χ1v) is 15.8. The standard InChI is InChI=1S/C33H37FN6O2/c1-2-26(41)39-13-8-24-25(39)17-40(24)31-23-16-35-29(21-7-3-6-19-14-20-15-22(20)27(19)21)28(34)30(23)36-32(37-31)42-18-33-9-4-11-38(33)12-5-10-33/h2-3,6-7,16,20,22-25,30H,1,4-5,8-15,17-18H2/t20?,22?,23?,24-,25-,30?/m1/s1. The monoisotopic (exact) mass is 568 g/mol. The van der Waals surface area contributed by atoms with Crippen molar-refractivity contribution in [2.24, 2.45) is 26.8 Å². The maximum Gasteiger partial charge on any atom is 0.314 e. The van der Waals surface area contributed by atoms with E-state index in [0.717, 1.165) is 50.2 Å². The smallest absolute Gasteiger partial charge is 0.314 e. The molecule has 1 saturated carbocycles. The van der Waals surface area contributed by atoms with Crippen molar-refractivity contribution < 1.29 is 13.9 Å². The van der Waals surface area contributed by atoms with Crippen molar-refractivity contribution in [2.75, 3.05) is 32.8 Å². The summed E-state index contributed by atoms with van der Waals surface area (Å²) in [5, 5.41) is 0. The number of ether oxygens (including phenoxy) is 1. The van der Waals surface area contributed by atoms with E-state index in [4.69, 9.17) is 19.7 Å². The molecule has 0 N–H and O–H groups in total. The molecule has 6 aliphatic heterocycles. The highest BCUT2D eigenvalue weighted by molar-refractivity contribution is 6.08.